The number of aromatic nitrogens is 1. The lowest BCUT2D eigenvalue weighted by Gasteiger charge is -2.34. The van der Waals surface area contributed by atoms with E-state index in [9.17, 15) is 0 Å². The van der Waals surface area contributed by atoms with Gasteiger partial charge in [-0.25, -0.2) is 4.98 Å². The van der Waals surface area contributed by atoms with E-state index in [0.717, 1.165) is 37.8 Å². The summed E-state index contributed by atoms with van der Waals surface area (Å²) in [6.07, 6.45) is 6.39. The first-order chi connectivity index (χ1) is 12.1. The molecule has 0 saturated carbocycles. The molecule has 2 N–H and O–H groups in total. The third kappa shape index (κ3) is 8.52. The van der Waals surface area contributed by atoms with Crippen LogP contribution < -0.4 is 10.6 Å². The first-order valence-electron chi connectivity index (χ1n) is 9.81. The highest BCUT2D eigenvalue weighted by Crippen LogP contribution is 2.14. The summed E-state index contributed by atoms with van der Waals surface area (Å²) < 4.78 is 0. The third-order valence-electron chi connectivity index (χ3n) is 4.44. The van der Waals surface area contributed by atoms with E-state index in [4.69, 9.17) is 4.99 Å². The van der Waals surface area contributed by atoms with Crippen LogP contribution in [0, 0.1) is 5.92 Å². The highest BCUT2D eigenvalue weighted by Gasteiger charge is 2.20. The summed E-state index contributed by atoms with van der Waals surface area (Å²) in [4.78, 5) is 13.2. The van der Waals surface area contributed by atoms with E-state index >= 15 is 0 Å². The molecule has 5 nitrogen and oxygen atoms in total. The standard InChI is InChI=1S/C19H35N5S.HI/c1-5-17-13-22-18(25-17)7-10-21-19(20-6-2)23-16-8-11-24(12-9-16)14-15(3)4;/h13,15-16H,5-12,14H2,1-4H3,(H2,20,21,23);1H. The monoisotopic (exact) mass is 493 g/mol. The average Bonchev–Trinajstić information content (AvgIpc) is 3.04. The Kier molecular flexibility index (Phi) is 11.7. The zero-order valence-electron chi connectivity index (χ0n) is 16.8. The van der Waals surface area contributed by atoms with Crippen molar-refractivity contribution < 1.29 is 0 Å². The number of piperidine rings is 1. The van der Waals surface area contributed by atoms with Gasteiger partial charge in [-0.15, -0.1) is 35.3 Å². The van der Waals surface area contributed by atoms with Gasteiger partial charge in [-0.05, 0) is 32.1 Å². The van der Waals surface area contributed by atoms with Crippen molar-refractivity contribution in [1.82, 2.24) is 20.5 Å². The van der Waals surface area contributed by atoms with Crippen LogP contribution in [-0.4, -0.2) is 54.6 Å². The van der Waals surface area contributed by atoms with Gasteiger partial charge in [-0.1, -0.05) is 20.8 Å². The molecule has 2 rings (SSSR count). The van der Waals surface area contributed by atoms with E-state index in [0.29, 0.717) is 6.04 Å². The maximum absolute atomic E-state index is 4.75. The molecule has 0 aliphatic carbocycles. The molecule has 1 aliphatic rings. The smallest absolute Gasteiger partial charge is 0.191 e. The van der Waals surface area contributed by atoms with E-state index in [1.165, 1.54) is 42.4 Å². The van der Waals surface area contributed by atoms with Gasteiger partial charge in [0.2, 0.25) is 0 Å². The minimum atomic E-state index is 0. The van der Waals surface area contributed by atoms with Crippen molar-refractivity contribution in [3.05, 3.63) is 16.1 Å². The Morgan fingerprint density at radius 3 is 2.65 bits per heavy atom. The molecule has 1 aliphatic heterocycles. The number of guanidine groups is 1. The van der Waals surface area contributed by atoms with Gasteiger partial charge in [0.25, 0.3) is 0 Å². The predicted octanol–water partition coefficient (Wildman–Crippen LogP) is 3.54. The number of aliphatic imine (C=N–C) groups is 1. The van der Waals surface area contributed by atoms with Crippen LogP contribution in [0.4, 0.5) is 0 Å². The molecule has 0 spiro atoms. The molecule has 0 radical (unpaired) electrons. The van der Waals surface area contributed by atoms with Crippen molar-refractivity contribution in [2.75, 3.05) is 32.7 Å². The van der Waals surface area contributed by atoms with E-state index < -0.39 is 0 Å². The van der Waals surface area contributed by atoms with Crippen LogP contribution in [0.5, 0.6) is 0 Å². The quantitative estimate of drug-likeness (QED) is 0.331. The number of thiazole rings is 1. The molecule has 0 unspecified atom stereocenters. The van der Waals surface area contributed by atoms with Crippen molar-refractivity contribution in [2.24, 2.45) is 10.9 Å². The molecule has 1 saturated heterocycles. The largest absolute Gasteiger partial charge is 0.357 e. The molecule has 0 bridgehead atoms. The molecular formula is C19H36IN5S. The van der Waals surface area contributed by atoms with Gasteiger partial charge in [0.1, 0.15) is 0 Å². The van der Waals surface area contributed by atoms with Gasteiger partial charge < -0.3 is 15.5 Å². The van der Waals surface area contributed by atoms with Gasteiger partial charge in [0.05, 0.1) is 5.01 Å². The first-order valence-corrected chi connectivity index (χ1v) is 10.6. The van der Waals surface area contributed by atoms with Crippen molar-refractivity contribution in [1.29, 1.82) is 0 Å². The van der Waals surface area contributed by atoms with E-state index in [1.54, 1.807) is 0 Å². The summed E-state index contributed by atoms with van der Waals surface area (Å²) in [6, 6.07) is 0.535. The molecule has 7 heteroatoms. The molecule has 2 heterocycles. The fourth-order valence-corrected chi connectivity index (χ4v) is 4.03. The Bertz CT molecular complexity index is 524. The second-order valence-electron chi connectivity index (χ2n) is 7.20. The van der Waals surface area contributed by atoms with Crippen LogP contribution in [0.25, 0.3) is 0 Å². The first kappa shape index (κ1) is 23.6. The zero-order chi connectivity index (χ0) is 18.1. The molecule has 1 fully saturated rings. The van der Waals surface area contributed by atoms with E-state index in [1.807, 2.05) is 17.5 Å². The minimum Gasteiger partial charge on any atom is -0.357 e. The number of halogens is 1. The Balaban J connectivity index is 0.00000338. The Morgan fingerprint density at radius 1 is 1.35 bits per heavy atom. The fourth-order valence-electron chi connectivity index (χ4n) is 3.18. The lowest BCUT2D eigenvalue weighted by atomic mass is 10.0. The summed E-state index contributed by atoms with van der Waals surface area (Å²) in [5, 5.41) is 8.21. The molecular weight excluding hydrogens is 457 g/mol. The van der Waals surface area contributed by atoms with Crippen molar-refractivity contribution in [3.8, 4) is 0 Å². The Hall–Kier alpha value is -0.410. The van der Waals surface area contributed by atoms with Crippen molar-refractivity contribution in [2.45, 2.75) is 59.4 Å². The van der Waals surface area contributed by atoms with Gasteiger partial charge in [-0.2, -0.15) is 0 Å². The van der Waals surface area contributed by atoms with Crippen LogP contribution >= 0.6 is 35.3 Å². The molecule has 150 valence electrons. The number of rotatable bonds is 8. The summed E-state index contributed by atoms with van der Waals surface area (Å²) in [6.45, 7) is 14.2. The van der Waals surface area contributed by atoms with E-state index in [-0.39, 0.29) is 24.0 Å². The molecule has 0 amide bonds. The average molecular weight is 494 g/mol. The third-order valence-corrected chi connectivity index (χ3v) is 5.64. The zero-order valence-corrected chi connectivity index (χ0v) is 19.9. The maximum Gasteiger partial charge on any atom is 0.191 e. The number of hydrogen-bond donors (Lipinski definition) is 2. The summed E-state index contributed by atoms with van der Waals surface area (Å²) in [5.41, 5.74) is 0. The lowest BCUT2D eigenvalue weighted by Crippen LogP contribution is -2.49. The normalized spacial score (nSPS) is 16.6. The molecule has 26 heavy (non-hydrogen) atoms. The summed E-state index contributed by atoms with van der Waals surface area (Å²) in [7, 11) is 0. The van der Waals surface area contributed by atoms with Crippen LogP contribution in [0.1, 0.15) is 50.4 Å². The number of likely N-dealkylation sites (tertiary alicyclic amines) is 1. The Morgan fingerprint density at radius 2 is 2.08 bits per heavy atom. The van der Waals surface area contributed by atoms with Gasteiger partial charge in [0, 0.05) is 56.3 Å². The summed E-state index contributed by atoms with van der Waals surface area (Å²) in [5.74, 6) is 1.71. The van der Waals surface area contributed by atoms with Gasteiger partial charge in [-0.3, -0.25) is 4.99 Å². The topological polar surface area (TPSA) is 52.6 Å². The highest BCUT2D eigenvalue weighted by atomic mass is 127. The van der Waals surface area contributed by atoms with Crippen LogP contribution in [0.3, 0.4) is 0 Å². The van der Waals surface area contributed by atoms with Gasteiger partial charge in [0.15, 0.2) is 5.96 Å². The molecule has 0 atom stereocenters. The fraction of sp³-hybridized carbons (Fsp3) is 0.789. The highest BCUT2D eigenvalue weighted by molar-refractivity contribution is 14.0. The minimum absolute atomic E-state index is 0. The maximum atomic E-state index is 4.75. The second kappa shape index (κ2) is 12.9. The SMILES string of the molecule is CCNC(=NCCc1ncc(CC)s1)NC1CCN(CC(C)C)CC1.I. The number of nitrogens with zero attached hydrogens (tertiary/aromatic N) is 3. The van der Waals surface area contributed by atoms with Crippen molar-refractivity contribution >= 4 is 41.3 Å². The predicted molar refractivity (Wildman–Crippen MR) is 124 cm³/mol. The van der Waals surface area contributed by atoms with Crippen LogP contribution in [-0.2, 0) is 12.8 Å². The summed E-state index contributed by atoms with van der Waals surface area (Å²) >= 11 is 1.81. The van der Waals surface area contributed by atoms with Gasteiger partial charge >= 0.3 is 0 Å². The van der Waals surface area contributed by atoms with E-state index in [2.05, 4.69) is 48.2 Å². The lowest BCUT2D eigenvalue weighted by molar-refractivity contribution is 0.187. The van der Waals surface area contributed by atoms with Crippen LogP contribution in [0.2, 0.25) is 0 Å². The molecule has 1 aromatic heterocycles. The molecule has 0 aromatic carbocycles. The second-order valence-corrected chi connectivity index (χ2v) is 8.40. The number of aryl methyl sites for hydroxylation is 1. The Labute approximate surface area is 180 Å². The van der Waals surface area contributed by atoms with Crippen molar-refractivity contribution in [3.63, 3.8) is 0 Å². The molecule has 1 aromatic rings. The van der Waals surface area contributed by atoms with Crippen LogP contribution in [0.15, 0.2) is 11.2 Å². The number of nitrogens with one attached hydrogen (secondary N) is 2. The number of hydrogen-bond acceptors (Lipinski definition) is 4.